The van der Waals surface area contributed by atoms with E-state index in [1.54, 1.807) is 0 Å². The Kier molecular flexibility index (Phi) is 61900. The summed E-state index contributed by atoms with van der Waals surface area (Å²) >= 11 is 0. The van der Waals surface area contributed by atoms with Crippen LogP contribution in [0.15, 0.2) is 0 Å². The average Bonchev–Trinajstić information content (AvgIpc) is 2.84. The van der Waals surface area contributed by atoms with Crippen molar-refractivity contribution in [3.05, 3.63) is 78.9 Å². The van der Waals surface area contributed by atoms with Crippen molar-refractivity contribution in [2.75, 3.05) is 0 Å². The maximum absolute atomic E-state index is 6.25. The molecule has 0 aliphatic heterocycles. The van der Waals surface area contributed by atoms with Crippen molar-refractivity contribution in [3.63, 3.8) is 0 Å². The van der Waals surface area contributed by atoms with Crippen molar-refractivity contribution < 1.29 is 34.1 Å². The van der Waals surface area contributed by atoms with E-state index >= 15 is 0 Å². The summed E-state index contributed by atoms with van der Waals surface area (Å²) in [7, 11) is 0. The topological polar surface area (TPSA) is 285 Å². The van der Waals surface area contributed by atoms with E-state index in [1.165, 1.54) is 0 Å². The van der Waals surface area contributed by atoms with E-state index in [9.17, 15) is 0 Å². The van der Waals surface area contributed by atoms with Gasteiger partial charge < -0.3 is 142 Å². The van der Waals surface area contributed by atoms with Crippen LogP contribution in [0.5, 0.6) is 0 Å². The zero-order valence-corrected chi connectivity index (χ0v) is 23.0. The van der Waals surface area contributed by atoms with Crippen LogP contribution in [-0.2, 0) is 34.1 Å². The van der Waals surface area contributed by atoms with Crippen molar-refractivity contribution in [2.45, 2.75) is 0 Å². The summed E-state index contributed by atoms with van der Waals surface area (Å²) < 4.78 is 0. The van der Waals surface area contributed by atoms with Crippen LogP contribution in [0.3, 0.4) is 0 Å². The molecule has 0 aromatic rings. The predicted octanol–water partition coefficient (Wildman–Crippen LogP) is 0.00904. The molecule has 29 heavy (non-hydrogen) atoms. The Bertz CT molecular complexity index is 234. The molecular formula is C12Ca3Fe2N12. The molecule has 17 heteroatoms. The number of hydrogen-bond donors (Lipinski definition) is 0. The zero-order chi connectivity index (χ0) is 24.0. The molecule has 0 aromatic heterocycles. The van der Waals surface area contributed by atoms with Crippen LogP contribution < -0.4 is 0 Å². The molecule has 0 aliphatic rings. The molecular weight excluding hydrogens is 544 g/mol. The number of nitrogens with zero attached hydrogens (tertiary/aromatic N) is 12. The van der Waals surface area contributed by atoms with Gasteiger partial charge in [0.1, 0.15) is 0 Å². The minimum Gasteiger partial charge on any atom is -0.512 e. The van der Waals surface area contributed by atoms with E-state index in [0.29, 0.717) is 0 Å². The van der Waals surface area contributed by atoms with Crippen LogP contribution in [0.4, 0.5) is 0 Å². The van der Waals surface area contributed by atoms with Gasteiger partial charge in [-0.25, -0.2) is 0 Å². The number of rotatable bonds is 0. The molecule has 0 saturated carbocycles. The van der Waals surface area contributed by atoms with Crippen LogP contribution in [0.25, 0.3) is 0 Å². The third kappa shape index (κ3) is 9610. The second-order valence-electron chi connectivity index (χ2n) is 0. The molecule has 2 radical (unpaired) electrons. The second kappa shape index (κ2) is 10400. The van der Waals surface area contributed by atoms with Gasteiger partial charge in [-0.1, -0.05) is 0 Å². The molecule has 0 bridgehead atoms. The summed E-state index contributed by atoms with van der Waals surface area (Å²) in [5.41, 5.74) is 0. The largest absolute Gasteiger partial charge is 3.00 e. The SMILES string of the molecule is [C-]#N.[C-]#N.[C-]#N.[C-]#N.[C-]#N.[C-]#N.[C-]#N.[C-]#N.[C-]#N.[C-]#N.[C-]#N.[C-]#N.[Ca+2].[Ca+2].[Ca+2].[Fe+3].[Fe+3]. The van der Waals surface area contributed by atoms with E-state index in [2.05, 4.69) is 0 Å². The minimum absolute atomic E-state index is 0. The van der Waals surface area contributed by atoms with Gasteiger partial charge in [-0.3, -0.25) is 0 Å². The summed E-state index contributed by atoms with van der Waals surface area (Å²) in [4.78, 5) is 0. The molecule has 0 amide bonds. The van der Waals surface area contributed by atoms with E-state index in [1.807, 2.05) is 0 Å². The van der Waals surface area contributed by atoms with Gasteiger partial charge in [-0.15, -0.1) is 0 Å². The maximum Gasteiger partial charge on any atom is 3.00 e. The van der Waals surface area contributed by atoms with Crippen LogP contribution in [0, 0.1) is 142 Å². The quantitative estimate of drug-likeness (QED) is 0.288. The van der Waals surface area contributed by atoms with Gasteiger partial charge in [0, 0.05) is 0 Å². The monoisotopic (exact) mass is 544 g/mol. The summed E-state index contributed by atoms with van der Waals surface area (Å²) in [6, 6.07) is 0. The third-order valence-corrected chi connectivity index (χ3v) is 0. The van der Waals surface area contributed by atoms with E-state index in [0.717, 1.165) is 0 Å². The molecule has 0 saturated heterocycles. The Labute approximate surface area is 284 Å². The molecule has 0 rings (SSSR count). The summed E-state index contributed by atoms with van der Waals surface area (Å²) in [5, 5.41) is 75.0. The van der Waals surface area contributed by atoms with Crippen LogP contribution in [-0.4, -0.2) is 113 Å². The molecule has 0 spiro atoms. The molecule has 0 N–H and O–H groups in total. The van der Waals surface area contributed by atoms with Gasteiger partial charge in [0.25, 0.3) is 0 Å². The van der Waals surface area contributed by atoms with E-state index < -0.39 is 0 Å². The molecule has 0 heterocycles. The van der Waals surface area contributed by atoms with E-state index in [4.69, 9.17) is 142 Å². The van der Waals surface area contributed by atoms with Gasteiger partial charge in [0.05, 0.1) is 0 Å². The first kappa shape index (κ1) is 173. The van der Waals surface area contributed by atoms with Crippen LogP contribution in [0.1, 0.15) is 0 Å². The van der Waals surface area contributed by atoms with Crippen LogP contribution >= 0.6 is 0 Å². The van der Waals surface area contributed by atoms with Gasteiger partial charge in [0.2, 0.25) is 0 Å². The molecule has 0 aliphatic carbocycles. The summed E-state index contributed by atoms with van der Waals surface area (Å²) in [6.45, 7) is 57.0. The maximum atomic E-state index is 6.25. The fourth-order valence-corrected chi connectivity index (χ4v) is 0. The molecule has 0 atom stereocenters. The first-order valence-electron chi connectivity index (χ1n) is 2.68. The Balaban J connectivity index is -0.00000000356. The fraction of sp³-hybridized carbons (Fsp3) is 0. The van der Waals surface area contributed by atoms with Gasteiger partial charge >= 0.3 is 147 Å². The first-order chi connectivity index (χ1) is 12.0. The van der Waals surface area contributed by atoms with Crippen molar-refractivity contribution in [3.8, 4) is 0 Å². The first-order valence-corrected chi connectivity index (χ1v) is 2.68. The van der Waals surface area contributed by atoms with Gasteiger partial charge in [-0.05, 0) is 0 Å². The van der Waals surface area contributed by atoms with Crippen LogP contribution in [0.2, 0.25) is 0 Å². The molecule has 0 fully saturated rings. The average molecular weight is 544 g/mol. The Hall–Kier alpha value is -1.30. The van der Waals surface area contributed by atoms with E-state index in [-0.39, 0.29) is 147 Å². The standard InChI is InChI=1S/12CN.3Ca.2Fe/c12*1-2;;;;;/q12*-1;3*+2;2*+3. The molecule has 0 unspecified atom stereocenters. The van der Waals surface area contributed by atoms with Crippen molar-refractivity contribution >= 4 is 113 Å². The Morgan fingerprint density at radius 3 is 0.172 bits per heavy atom. The van der Waals surface area contributed by atoms with Crippen molar-refractivity contribution in [2.24, 2.45) is 0 Å². The summed E-state index contributed by atoms with van der Waals surface area (Å²) in [6.07, 6.45) is 0. The Morgan fingerprint density at radius 2 is 0.172 bits per heavy atom. The smallest absolute Gasteiger partial charge is 0.512 e. The normalized spacial score (nSPS) is 0.828. The minimum atomic E-state index is 0. The zero-order valence-electron chi connectivity index (χ0n) is 14.2. The third-order valence-electron chi connectivity index (χ3n) is 0. The second-order valence-corrected chi connectivity index (χ2v) is 0. The molecule has 0 aromatic carbocycles. The van der Waals surface area contributed by atoms with Gasteiger partial charge in [-0.2, -0.15) is 0 Å². The fourth-order valence-electron chi connectivity index (χ4n) is 0. The summed E-state index contributed by atoms with van der Waals surface area (Å²) in [5.74, 6) is 0. The van der Waals surface area contributed by atoms with Gasteiger partial charge in [0.15, 0.2) is 0 Å². The molecule has 12 nitrogen and oxygen atoms in total. The van der Waals surface area contributed by atoms with Crippen molar-refractivity contribution in [1.82, 2.24) is 0 Å². The predicted molar refractivity (Wildman–Crippen MR) is 76.9 cm³/mol. The van der Waals surface area contributed by atoms with Crippen molar-refractivity contribution in [1.29, 1.82) is 63.1 Å². The Morgan fingerprint density at radius 1 is 0.172 bits per heavy atom. The number of hydrogen-bond acceptors (Lipinski definition) is 12. The molecule has 130 valence electrons.